The lowest BCUT2D eigenvalue weighted by Gasteiger charge is -2.27. The van der Waals surface area contributed by atoms with Crippen molar-refractivity contribution in [2.24, 2.45) is 0 Å². The summed E-state index contributed by atoms with van der Waals surface area (Å²) in [6.07, 6.45) is 57.4. The van der Waals surface area contributed by atoms with E-state index in [-0.39, 0.29) is 0 Å². The molecule has 0 aliphatic carbocycles. The lowest BCUT2D eigenvalue weighted by atomic mass is 10.00. The topological polar surface area (TPSA) is 110 Å². The fourth-order valence-corrected chi connectivity index (χ4v) is 7.49. The summed E-state index contributed by atoms with van der Waals surface area (Å²) in [5, 5.41) is 43.7. The van der Waals surface area contributed by atoms with Crippen molar-refractivity contribution in [3.63, 3.8) is 0 Å². The first-order valence-corrected chi connectivity index (χ1v) is 25.0. The summed E-state index contributed by atoms with van der Waals surface area (Å²) < 4.78 is 0. The van der Waals surface area contributed by atoms with Crippen LogP contribution >= 0.6 is 0 Å². The lowest BCUT2D eigenvalue weighted by Crippen LogP contribution is -2.53. The molecule has 0 aliphatic heterocycles. The largest absolute Gasteiger partial charge is 0.394 e. The molecule has 0 aromatic rings. The van der Waals surface area contributed by atoms with E-state index < -0.39 is 36.9 Å². The highest BCUT2D eigenvalue weighted by atomic mass is 16.3. The smallest absolute Gasteiger partial charge is 0.249 e. The molecular formula is C52H97NO5. The summed E-state index contributed by atoms with van der Waals surface area (Å²) in [5.74, 6) is -0.609. The second-order valence-electron chi connectivity index (χ2n) is 17.1. The van der Waals surface area contributed by atoms with Crippen LogP contribution in [0.3, 0.4) is 0 Å². The van der Waals surface area contributed by atoms with E-state index in [1.165, 1.54) is 148 Å². The quantitative estimate of drug-likeness (QED) is 0.0311. The van der Waals surface area contributed by atoms with Crippen molar-refractivity contribution in [3.05, 3.63) is 48.6 Å². The van der Waals surface area contributed by atoms with Crippen LogP contribution in [0.4, 0.5) is 0 Å². The van der Waals surface area contributed by atoms with Crippen molar-refractivity contribution in [1.82, 2.24) is 5.32 Å². The number of carbonyl (C=O) groups excluding carboxylic acids is 1. The Morgan fingerprint density at radius 2 is 0.724 bits per heavy atom. The van der Waals surface area contributed by atoms with Gasteiger partial charge in [0.1, 0.15) is 12.2 Å². The number of amides is 1. The molecule has 6 heteroatoms. The Hall–Kier alpha value is -1.73. The number of carbonyl (C=O) groups is 1. The maximum Gasteiger partial charge on any atom is 0.249 e. The van der Waals surface area contributed by atoms with Crippen LogP contribution in [0.1, 0.15) is 245 Å². The minimum absolute atomic E-state index is 0.343. The number of allylic oxidation sites excluding steroid dienone is 8. The van der Waals surface area contributed by atoms with Gasteiger partial charge in [-0.15, -0.1) is 0 Å². The minimum Gasteiger partial charge on any atom is -0.394 e. The van der Waals surface area contributed by atoms with Crippen molar-refractivity contribution in [2.75, 3.05) is 6.61 Å². The molecule has 1 amide bonds. The SMILES string of the molecule is CCCCCCCCC/C=C\CCCCCCC(O)C(=O)NC(CO)C(O)C(O)CCC/C=C/CC/C=C/CC/C=C/CCCCCCCCCCCCCCCC. The second kappa shape index (κ2) is 46.3. The monoisotopic (exact) mass is 816 g/mol. The Kier molecular flexibility index (Phi) is 45.0. The van der Waals surface area contributed by atoms with E-state index >= 15 is 0 Å². The average Bonchev–Trinajstić information content (AvgIpc) is 3.23. The predicted molar refractivity (Wildman–Crippen MR) is 251 cm³/mol. The van der Waals surface area contributed by atoms with E-state index in [4.69, 9.17) is 0 Å². The van der Waals surface area contributed by atoms with Crippen molar-refractivity contribution in [1.29, 1.82) is 0 Å². The summed E-state index contributed by atoms with van der Waals surface area (Å²) in [7, 11) is 0. The van der Waals surface area contributed by atoms with Crippen LogP contribution in [0.5, 0.6) is 0 Å². The van der Waals surface area contributed by atoms with Gasteiger partial charge < -0.3 is 25.7 Å². The number of hydrogen-bond donors (Lipinski definition) is 5. The number of aliphatic hydroxyl groups is 4. The van der Waals surface area contributed by atoms with Crippen LogP contribution in [-0.2, 0) is 4.79 Å². The summed E-state index contributed by atoms with van der Waals surface area (Å²) in [6.45, 7) is 4.03. The molecule has 340 valence electrons. The standard InChI is InChI=1S/C52H97NO5/c1-3-5-7-9-11-13-15-17-19-20-21-22-23-24-25-26-27-28-29-30-32-33-35-37-39-41-43-45-49(55)51(57)48(47-54)53-52(58)50(56)46-44-42-40-38-36-34-31-18-16-14-12-10-8-6-4-2/h26-27,30-32,34,37,39,48-51,54-57H,3-25,28-29,33,35-36,38,40-47H2,1-2H3,(H,53,58)/b27-26+,32-30+,34-31-,39-37+. The summed E-state index contributed by atoms with van der Waals surface area (Å²) in [5.41, 5.74) is 0. The van der Waals surface area contributed by atoms with E-state index in [1.54, 1.807) is 0 Å². The number of unbranched alkanes of at least 4 members (excludes halogenated alkanes) is 28. The van der Waals surface area contributed by atoms with Crippen molar-refractivity contribution >= 4 is 5.91 Å². The number of aliphatic hydroxyl groups excluding tert-OH is 4. The Balaban J connectivity index is 3.77. The molecule has 58 heavy (non-hydrogen) atoms. The molecule has 0 radical (unpaired) electrons. The van der Waals surface area contributed by atoms with Gasteiger partial charge in [-0.25, -0.2) is 0 Å². The molecule has 0 saturated heterocycles. The Bertz CT molecular complexity index is 961. The zero-order chi connectivity index (χ0) is 42.4. The van der Waals surface area contributed by atoms with E-state index in [2.05, 4.69) is 67.8 Å². The molecule has 4 atom stereocenters. The number of nitrogens with one attached hydrogen (secondary N) is 1. The maximum absolute atomic E-state index is 12.5. The molecule has 4 unspecified atom stereocenters. The summed E-state index contributed by atoms with van der Waals surface area (Å²) in [6, 6.07) is -1.02. The van der Waals surface area contributed by atoms with Crippen LogP contribution in [0.2, 0.25) is 0 Å². The molecule has 6 nitrogen and oxygen atoms in total. The van der Waals surface area contributed by atoms with E-state index in [1.807, 2.05) is 0 Å². The third-order valence-corrected chi connectivity index (χ3v) is 11.5. The molecule has 0 aromatic heterocycles. The first-order valence-electron chi connectivity index (χ1n) is 25.0. The third kappa shape index (κ3) is 39.7. The molecule has 0 spiro atoms. The van der Waals surface area contributed by atoms with Gasteiger partial charge in [0.05, 0.1) is 18.8 Å². The van der Waals surface area contributed by atoms with Crippen molar-refractivity contribution in [3.8, 4) is 0 Å². The second-order valence-corrected chi connectivity index (χ2v) is 17.1. The van der Waals surface area contributed by atoms with Crippen LogP contribution in [0.25, 0.3) is 0 Å². The van der Waals surface area contributed by atoms with Gasteiger partial charge in [0.2, 0.25) is 5.91 Å². The highest BCUT2D eigenvalue weighted by Gasteiger charge is 2.28. The van der Waals surface area contributed by atoms with Crippen LogP contribution < -0.4 is 5.32 Å². The third-order valence-electron chi connectivity index (χ3n) is 11.5. The van der Waals surface area contributed by atoms with Gasteiger partial charge in [-0.2, -0.15) is 0 Å². The summed E-state index contributed by atoms with van der Waals surface area (Å²) in [4.78, 5) is 12.5. The molecule has 5 N–H and O–H groups in total. The minimum atomic E-state index is -1.30. The fraction of sp³-hybridized carbons (Fsp3) is 0.827. The Labute approximate surface area is 359 Å². The fourth-order valence-electron chi connectivity index (χ4n) is 7.49. The van der Waals surface area contributed by atoms with Crippen molar-refractivity contribution < 1.29 is 25.2 Å². The molecule has 0 rings (SSSR count). The van der Waals surface area contributed by atoms with Crippen molar-refractivity contribution in [2.45, 2.75) is 269 Å². The van der Waals surface area contributed by atoms with Crippen LogP contribution in [-0.4, -0.2) is 57.3 Å². The first-order chi connectivity index (χ1) is 28.5. The first kappa shape index (κ1) is 56.3. The molecule has 0 aliphatic rings. The molecule has 0 aromatic carbocycles. The van der Waals surface area contributed by atoms with Gasteiger partial charge in [-0.1, -0.05) is 204 Å². The zero-order valence-corrected chi connectivity index (χ0v) is 38.3. The molecule has 0 fully saturated rings. The summed E-state index contributed by atoms with van der Waals surface area (Å²) >= 11 is 0. The number of hydrogen-bond acceptors (Lipinski definition) is 5. The van der Waals surface area contributed by atoms with Gasteiger partial charge in [0, 0.05) is 0 Å². The van der Waals surface area contributed by atoms with E-state index in [0.717, 1.165) is 64.2 Å². The highest BCUT2D eigenvalue weighted by molar-refractivity contribution is 5.80. The van der Waals surface area contributed by atoms with E-state index in [9.17, 15) is 25.2 Å². The molecule has 0 bridgehead atoms. The van der Waals surface area contributed by atoms with Gasteiger partial charge in [-0.3, -0.25) is 4.79 Å². The molecule has 0 heterocycles. The average molecular weight is 816 g/mol. The van der Waals surface area contributed by atoms with Gasteiger partial charge in [0.15, 0.2) is 0 Å². The van der Waals surface area contributed by atoms with Gasteiger partial charge >= 0.3 is 0 Å². The Morgan fingerprint density at radius 3 is 1.09 bits per heavy atom. The van der Waals surface area contributed by atoms with Gasteiger partial charge in [0.25, 0.3) is 0 Å². The normalized spacial score (nSPS) is 14.4. The lowest BCUT2D eigenvalue weighted by molar-refractivity contribution is -0.132. The van der Waals surface area contributed by atoms with Gasteiger partial charge in [-0.05, 0) is 89.9 Å². The zero-order valence-electron chi connectivity index (χ0n) is 38.3. The highest BCUT2D eigenvalue weighted by Crippen LogP contribution is 2.15. The molecular weight excluding hydrogens is 719 g/mol. The van der Waals surface area contributed by atoms with Crippen LogP contribution in [0.15, 0.2) is 48.6 Å². The maximum atomic E-state index is 12.5. The predicted octanol–water partition coefficient (Wildman–Crippen LogP) is 13.9. The van der Waals surface area contributed by atoms with E-state index in [0.29, 0.717) is 19.3 Å². The molecule has 0 saturated carbocycles. The number of rotatable bonds is 45. The van der Waals surface area contributed by atoms with Crippen LogP contribution in [0, 0.1) is 0 Å². The Morgan fingerprint density at radius 1 is 0.414 bits per heavy atom.